The molecule has 0 aliphatic heterocycles. The number of ether oxygens (including phenoxy) is 1. The smallest absolute Gasteiger partial charge is 0.360 e. The molecule has 6 nitrogen and oxygen atoms in total. The lowest BCUT2D eigenvalue weighted by Crippen LogP contribution is -2.10. The number of esters is 1. The molecule has 2 N–H and O–H groups in total. The molecule has 0 saturated carbocycles. The van der Waals surface area contributed by atoms with Gasteiger partial charge in [0, 0.05) is 0 Å². The highest BCUT2D eigenvalue weighted by atomic mass is 19.1. The Bertz CT molecular complexity index is 746. The maximum Gasteiger partial charge on any atom is 0.360 e. The lowest BCUT2D eigenvalue weighted by Gasteiger charge is -2.09. The van der Waals surface area contributed by atoms with Gasteiger partial charge in [0.2, 0.25) is 0 Å². The number of carbonyl (C=O) groups is 1. The first-order valence-electron chi connectivity index (χ1n) is 6.21. The molecule has 0 amide bonds. The van der Waals surface area contributed by atoms with Gasteiger partial charge < -0.3 is 10.5 Å². The maximum absolute atomic E-state index is 13.2. The van der Waals surface area contributed by atoms with Crippen LogP contribution in [0.2, 0.25) is 0 Å². The molecule has 0 spiro atoms. The molecular formula is C14H13FN4O2. The number of nitriles is 1. The van der Waals surface area contributed by atoms with Crippen LogP contribution in [0.1, 0.15) is 28.8 Å². The Kier molecular flexibility index (Phi) is 3.89. The van der Waals surface area contributed by atoms with Crippen LogP contribution in [0.15, 0.2) is 18.2 Å². The molecule has 0 fully saturated rings. The number of anilines is 1. The van der Waals surface area contributed by atoms with E-state index in [1.54, 1.807) is 13.8 Å². The second-order valence-electron chi connectivity index (χ2n) is 4.22. The number of nitrogens with two attached hydrogens (primary N) is 1. The van der Waals surface area contributed by atoms with Crippen LogP contribution in [-0.2, 0) is 4.74 Å². The molecule has 1 aromatic heterocycles. The fourth-order valence-corrected chi connectivity index (χ4v) is 2.00. The third-order valence-corrected chi connectivity index (χ3v) is 2.87. The first-order chi connectivity index (χ1) is 9.99. The van der Waals surface area contributed by atoms with Crippen LogP contribution in [0.4, 0.5) is 10.2 Å². The molecule has 0 aliphatic rings. The molecule has 0 unspecified atom stereocenters. The fourth-order valence-electron chi connectivity index (χ4n) is 2.00. The van der Waals surface area contributed by atoms with Gasteiger partial charge in [0.15, 0.2) is 5.69 Å². The van der Waals surface area contributed by atoms with E-state index in [2.05, 4.69) is 4.98 Å². The van der Waals surface area contributed by atoms with E-state index in [-0.39, 0.29) is 23.7 Å². The Morgan fingerprint density at radius 3 is 2.90 bits per heavy atom. The minimum atomic E-state index is -0.641. The van der Waals surface area contributed by atoms with E-state index in [9.17, 15) is 9.18 Å². The normalized spacial score (nSPS) is 10.2. The van der Waals surface area contributed by atoms with Gasteiger partial charge in [0.1, 0.15) is 23.5 Å². The maximum atomic E-state index is 13.2. The Labute approximate surface area is 120 Å². The van der Waals surface area contributed by atoms with Gasteiger partial charge in [-0.25, -0.2) is 14.2 Å². The fraction of sp³-hybridized carbons (Fsp3) is 0.214. The van der Waals surface area contributed by atoms with Gasteiger partial charge in [-0.2, -0.15) is 5.26 Å². The van der Waals surface area contributed by atoms with Crippen LogP contribution in [0.5, 0.6) is 0 Å². The summed E-state index contributed by atoms with van der Waals surface area (Å²) in [6.07, 6.45) is 0. The van der Waals surface area contributed by atoms with E-state index >= 15 is 0 Å². The number of rotatable bonds is 3. The molecule has 2 rings (SSSR count). The summed E-state index contributed by atoms with van der Waals surface area (Å²) in [5, 5.41) is 9.10. The molecule has 0 saturated heterocycles. The van der Waals surface area contributed by atoms with E-state index in [1.165, 1.54) is 16.7 Å². The van der Waals surface area contributed by atoms with Crippen molar-refractivity contribution >= 4 is 11.8 Å². The molecule has 7 heteroatoms. The minimum absolute atomic E-state index is 0.0254. The largest absolute Gasteiger partial charge is 0.461 e. The number of hydrogen-bond donors (Lipinski definition) is 1. The molecule has 0 aliphatic carbocycles. The monoisotopic (exact) mass is 288 g/mol. The van der Waals surface area contributed by atoms with Crippen LogP contribution in [0.25, 0.3) is 5.69 Å². The van der Waals surface area contributed by atoms with Crippen LogP contribution in [0.3, 0.4) is 0 Å². The van der Waals surface area contributed by atoms with Crippen LogP contribution in [-0.4, -0.2) is 22.1 Å². The average molecular weight is 288 g/mol. The van der Waals surface area contributed by atoms with Crippen LogP contribution < -0.4 is 5.73 Å². The van der Waals surface area contributed by atoms with Crippen molar-refractivity contribution in [2.24, 2.45) is 0 Å². The van der Waals surface area contributed by atoms with Crippen molar-refractivity contribution in [1.82, 2.24) is 9.55 Å². The molecular weight excluding hydrogens is 275 g/mol. The van der Waals surface area contributed by atoms with Crippen molar-refractivity contribution in [3.05, 3.63) is 41.1 Å². The molecule has 108 valence electrons. The number of benzene rings is 1. The molecule has 21 heavy (non-hydrogen) atoms. The number of aromatic nitrogens is 2. The Balaban J connectivity index is 2.61. The third-order valence-electron chi connectivity index (χ3n) is 2.87. The van der Waals surface area contributed by atoms with Gasteiger partial charge >= 0.3 is 5.97 Å². The van der Waals surface area contributed by atoms with Crippen molar-refractivity contribution in [2.75, 3.05) is 12.3 Å². The molecule has 1 aromatic carbocycles. The van der Waals surface area contributed by atoms with Crippen molar-refractivity contribution in [3.8, 4) is 11.8 Å². The van der Waals surface area contributed by atoms with E-state index < -0.39 is 11.8 Å². The standard InChI is InChI=1S/C14H13FN4O2/c1-3-21-14(20)12-13(17)19(8(2)18-12)11-5-4-10(15)6-9(11)7-16/h4-6H,3,17H2,1-2H3. The summed E-state index contributed by atoms with van der Waals surface area (Å²) in [7, 11) is 0. The number of halogens is 1. The van der Waals surface area contributed by atoms with Gasteiger partial charge in [-0.15, -0.1) is 0 Å². The lowest BCUT2D eigenvalue weighted by molar-refractivity contribution is 0.0521. The lowest BCUT2D eigenvalue weighted by atomic mass is 10.2. The topological polar surface area (TPSA) is 93.9 Å². The number of carbonyl (C=O) groups excluding carboxylic acids is 1. The average Bonchev–Trinajstić information content (AvgIpc) is 2.74. The second kappa shape index (κ2) is 5.63. The zero-order chi connectivity index (χ0) is 15.6. The summed E-state index contributed by atoms with van der Waals surface area (Å²) < 4.78 is 19.5. The van der Waals surface area contributed by atoms with Crippen molar-refractivity contribution in [1.29, 1.82) is 5.26 Å². The van der Waals surface area contributed by atoms with Gasteiger partial charge in [-0.3, -0.25) is 4.57 Å². The summed E-state index contributed by atoms with van der Waals surface area (Å²) in [5.74, 6) is -0.720. The zero-order valence-corrected chi connectivity index (χ0v) is 11.6. The Morgan fingerprint density at radius 2 is 2.29 bits per heavy atom. The van der Waals surface area contributed by atoms with Crippen molar-refractivity contribution in [2.45, 2.75) is 13.8 Å². The van der Waals surface area contributed by atoms with Gasteiger partial charge in [0.05, 0.1) is 17.9 Å². The summed E-state index contributed by atoms with van der Waals surface area (Å²) in [6, 6.07) is 5.61. The van der Waals surface area contributed by atoms with Crippen molar-refractivity contribution in [3.63, 3.8) is 0 Å². The third kappa shape index (κ3) is 2.56. The number of nitrogens with zero attached hydrogens (tertiary/aromatic N) is 3. The summed E-state index contributed by atoms with van der Waals surface area (Å²) in [6.45, 7) is 3.50. The summed E-state index contributed by atoms with van der Waals surface area (Å²) in [4.78, 5) is 15.8. The molecule has 2 aromatic rings. The highest BCUT2D eigenvalue weighted by Crippen LogP contribution is 2.24. The predicted octanol–water partition coefficient (Wildman–Crippen LogP) is 1.95. The Morgan fingerprint density at radius 1 is 1.57 bits per heavy atom. The molecule has 0 bridgehead atoms. The van der Waals surface area contributed by atoms with Gasteiger partial charge in [-0.05, 0) is 32.0 Å². The number of hydrogen-bond acceptors (Lipinski definition) is 5. The second-order valence-corrected chi connectivity index (χ2v) is 4.22. The van der Waals surface area contributed by atoms with E-state index in [4.69, 9.17) is 15.7 Å². The van der Waals surface area contributed by atoms with Crippen LogP contribution in [0, 0.1) is 24.1 Å². The van der Waals surface area contributed by atoms with Crippen molar-refractivity contribution < 1.29 is 13.9 Å². The number of aryl methyl sites for hydroxylation is 1. The van der Waals surface area contributed by atoms with Gasteiger partial charge in [0.25, 0.3) is 0 Å². The summed E-state index contributed by atoms with van der Waals surface area (Å²) in [5.41, 5.74) is 6.35. The summed E-state index contributed by atoms with van der Waals surface area (Å²) >= 11 is 0. The Hall–Kier alpha value is -2.88. The highest BCUT2D eigenvalue weighted by molar-refractivity contribution is 5.92. The SMILES string of the molecule is CCOC(=O)c1nc(C)n(-c2ccc(F)cc2C#N)c1N. The van der Waals surface area contributed by atoms with E-state index in [0.29, 0.717) is 11.5 Å². The first-order valence-corrected chi connectivity index (χ1v) is 6.21. The number of imidazole rings is 1. The van der Waals surface area contributed by atoms with E-state index in [1.807, 2.05) is 6.07 Å². The van der Waals surface area contributed by atoms with Gasteiger partial charge in [-0.1, -0.05) is 0 Å². The highest BCUT2D eigenvalue weighted by Gasteiger charge is 2.22. The number of nitrogen functional groups attached to an aromatic ring is 1. The predicted molar refractivity (Wildman–Crippen MR) is 73.3 cm³/mol. The first kappa shape index (κ1) is 14.5. The minimum Gasteiger partial charge on any atom is -0.461 e. The van der Waals surface area contributed by atoms with E-state index in [0.717, 1.165) is 6.07 Å². The zero-order valence-electron chi connectivity index (χ0n) is 11.6. The van der Waals surface area contributed by atoms with Crippen LogP contribution >= 0.6 is 0 Å². The molecule has 0 radical (unpaired) electrons. The quantitative estimate of drug-likeness (QED) is 0.871. The molecule has 0 atom stereocenters. The molecule has 1 heterocycles.